The van der Waals surface area contributed by atoms with Gasteiger partial charge < -0.3 is 10.6 Å². The first-order valence-electron chi connectivity index (χ1n) is 8.32. The Morgan fingerprint density at radius 2 is 1.52 bits per heavy atom. The van der Waals surface area contributed by atoms with Gasteiger partial charge in [0.15, 0.2) is 5.96 Å². The fourth-order valence-electron chi connectivity index (χ4n) is 2.90. The van der Waals surface area contributed by atoms with E-state index in [1.54, 1.807) is 0 Å². The molecule has 3 nitrogen and oxygen atoms in total. The van der Waals surface area contributed by atoms with Crippen LogP contribution in [-0.2, 0) is 13.0 Å². The van der Waals surface area contributed by atoms with Crippen molar-refractivity contribution in [3.05, 3.63) is 71.8 Å². The molecule has 0 aromatic heterocycles. The van der Waals surface area contributed by atoms with E-state index in [0.717, 1.165) is 25.5 Å². The highest BCUT2D eigenvalue weighted by molar-refractivity contribution is 5.79. The molecule has 0 amide bonds. The SMILES string of the molecule is CN=C(NCc1ccccc1)NCC1(Cc2ccccc2)CC1. The maximum Gasteiger partial charge on any atom is 0.191 e. The van der Waals surface area contributed by atoms with Crippen LogP contribution in [0.25, 0.3) is 0 Å². The van der Waals surface area contributed by atoms with Crippen LogP contribution in [0.5, 0.6) is 0 Å². The lowest BCUT2D eigenvalue weighted by Crippen LogP contribution is -2.40. The Kier molecular flexibility index (Phi) is 4.96. The van der Waals surface area contributed by atoms with Gasteiger partial charge in [0.25, 0.3) is 0 Å². The number of aliphatic imine (C=N–C) groups is 1. The predicted molar refractivity (Wildman–Crippen MR) is 96.5 cm³/mol. The van der Waals surface area contributed by atoms with Crippen molar-refractivity contribution in [2.24, 2.45) is 10.4 Å². The van der Waals surface area contributed by atoms with E-state index in [1.165, 1.54) is 24.0 Å². The molecule has 23 heavy (non-hydrogen) atoms. The van der Waals surface area contributed by atoms with E-state index in [1.807, 2.05) is 13.1 Å². The van der Waals surface area contributed by atoms with Gasteiger partial charge in [-0.25, -0.2) is 0 Å². The third-order valence-corrected chi connectivity index (χ3v) is 4.54. The van der Waals surface area contributed by atoms with Crippen LogP contribution in [0.2, 0.25) is 0 Å². The molecule has 0 atom stereocenters. The normalized spacial score (nSPS) is 16.0. The van der Waals surface area contributed by atoms with Crippen LogP contribution in [0.3, 0.4) is 0 Å². The second-order valence-corrected chi connectivity index (χ2v) is 6.43. The van der Waals surface area contributed by atoms with Crippen LogP contribution < -0.4 is 10.6 Å². The van der Waals surface area contributed by atoms with Crippen molar-refractivity contribution in [1.29, 1.82) is 0 Å². The summed E-state index contributed by atoms with van der Waals surface area (Å²) in [6, 6.07) is 21.2. The molecule has 2 N–H and O–H groups in total. The van der Waals surface area contributed by atoms with Gasteiger partial charge in [0.2, 0.25) is 0 Å². The third kappa shape index (κ3) is 4.59. The molecule has 1 aliphatic rings. The van der Waals surface area contributed by atoms with Crippen molar-refractivity contribution in [2.45, 2.75) is 25.8 Å². The smallest absolute Gasteiger partial charge is 0.191 e. The molecule has 3 rings (SSSR count). The van der Waals surface area contributed by atoms with Crippen LogP contribution in [0.15, 0.2) is 65.7 Å². The number of benzene rings is 2. The van der Waals surface area contributed by atoms with E-state index in [4.69, 9.17) is 0 Å². The maximum absolute atomic E-state index is 4.34. The minimum atomic E-state index is 0.408. The summed E-state index contributed by atoms with van der Waals surface area (Å²) >= 11 is 0. The number of hydrogen-bond acceptors (Lipinski definition) is 1. The average molecular weight is 307 g/mol. The summed E-state index contributed by atoms with van der Waals surface area (Å²) in [5.74, 6) is 0.883. The molecule has 0 unspecified atom stereocenters. The molecule has 2 aromatic rings. The summed E-state index contributed by atoms with van der Waals surface area (Å²) in [5, 5.41) is 6.89. The molecule has 0 radical (unpaired) electrons. The highest BCUT2D eigenvalue weighted by atomic mass is 15.2. The van der Waals surface area contributed by atoms with E-state index in [9.17, 15) is 0 Å². The van der Waals surface area contributed by atoms with Crippen LogP contribution in [0.4, 0.5) is 0 Å². The van der Waals surface area contributed by atoms with Gasteiger partial charge in [0, 0.05) is 20.1 Å². The van der Waals surface area contributed by atoms with Gasteiger partial charge >= 0.3 is 0 Å². The van der Waals surface area contributed by atoms with Crippen LogP contribution in [-0.4, -0.2) is 19.6 Å². The highest BCUT2D eigenvalue weighted by Crippen LogP contribution is 2.47. The Morgan fingerprint density at radius 1 is 0.913 bits per heavy atom. The summed E-state index contributed by atoms with van der Waals surface area (Å²) < 4.78 is 0. The first-order valence-corrected chi connectivity index (χ1v) is 8.32. The number of nitrogens with one attached hydrogen (secondary N) is 2. The Bertz CT molecular complexity index is 630. The molecule has 0 saturated heterocycles. The molecule has 1 fully saturated rings. The summed E-state index contributed by atoms with van der Waals surface area (Å²) in [4.78, 5) is 4.34. The first-order chi connectivity index (χ1) is 11.3. The van der Waals surface area contributed by atoms with Gasteiger partial charge in [-0.1, -0.05) is 60.7 Å². The summed E-state index contributed by atoms with van der Waals surface area (Å²) in [6.07, 6.45) is 3.74. The number of rotatable bonds is 6. The molecule has 0 aliphatic heterocycles. The molecule has 1 aliphatic carbocycles. The van der Waals surface area contributed by atoms with Crippen molar-refractivity contribution >= 4 is 5.96 Å². The Labute approximate surface area is 138 Å². The van der Waals surface area contributed by atoms with E-state index < -0.39 is 0 Å². The van der Waals surface area contributed by atoms with Crippen LogP contribution >= 0.6 is 0 Å². The predicted octanol–water partition coefficient (Wildman–Crippen LogP) is 3.37. The lowest BCUT2D eigenvalue weighted by atomic mass is 9.96. The minimum Gasteiger partial charge on any atom is -0.356 e. The van der Waals surface area contributed by atoms with E-state index in [0.29, 0.717) is 5.41 Å². The fraction of sp³-hybridized carbons (Fsp3) is 0.350. The van der Waals surface area contributed by atoms with Crippen LogP contribution in [0, 0.1) is 5.41 Å². The van der Waals surface area contributed by atoms with Gasteiger partial charge in [-0.15, -0.1) is 0 Å². The van der Waals surface area contributed by atoms with Crippen LogP contribution in [0.1, 0.15) is 24.0 Å². The zero-order valence-electron chi connectivity index (χ0n) is 13.8. The number of hydrogen-bond donors (Lipinski definition) is 2. The standard InChI is InChI=1S/C20H25N3/c1-21-19(22-15-18-10-6-3-7-11-18)23-16-20(12-13-20)14-17-8-4-2-5-9-17/h2-11H,12-16H2,1H3,(H2,21,22,23). The molecule has 120 valence electrons. The Hall–Kier alpha value is -2.29. The van der Waals surface area contributed by atoms with E-state index in [-0.39, 0.29) is 0 Å². The molecule has 0 heterocycles. The molecular weight excluding hydrogens is 282 g/mol. The quantitative estimate of drug-likeness (QED) is 0.634. The van der Waals surface area contributed by atoms with Gasteiger partial charge in [0.1, 0.15) is 0 Å². The summed E-state index contributed by atoms with van der Waals surface area (Å²) in [5.41, 5.74) is 3.10. The first kappa shape index (κ1) is 15.6. The molecule has 0 spiro atoms. The van der Waals surface area contributed by atoms with Crippen molar-refractivity contribution in [1.82, 2.24) is 10.6 Å². The Morgan fingerprint density at radius 3 is 2.09 bits per heavy atom. The van der Waals surface area contributed by atoms with Crippen molar-refractivity contribution in [3.63, 3.8) is 0 Å². The van der Waals surface area contributed by atoms with Crippen molar-refractivity contribution in [2.75, 3.05) is 13.6 Å². The lowest BCUT2D eigenvalue weighted by Gasteiger charge is -2.18. The fourth-order valence-corrected chi connectivity index (χ4v) is 2.90. The third-order valence-electron chi connectivity index (χ3n) is 4.54. The second-order valence-electron chi connectivity index (χ2n) is 6.43. The zero-order valence-corrected chi connectivity index (χ0v) is 13.8. The van der Waals surface area contributed by atoms with Gasteiger partial charge in [-0.2, -0.15) is 0 Å². The van der Waals surface area contributed by atoms with Crippen molar-refractivity contribution in [3.8, 4) is 0 Å². The monoisotopic (exact) mass is 307 g/mol. The average Bonchev–Trinajstić information content (AvgIpc) is 3.36. The molecule has 0 bridgehead atoms. The molecule has 1 saturated carbocycles. The summed E-state index contributed by atoms with van der Waals surface area (Å²) in [6.45, 7) is 1.78. The van der Waals surface area contributed by atoms with Gasteiger partial charge in [-0.05, 0) is 35.8 Å². The topological polar surface area (TPSA) is 36.4 Å². The molecule has 3 heteroatoms. The number of guanidine groups is 1. The Balaban J connectivity index is 1.48. The maximum atomic E-state index is 4.34. The number of nitrogens with zero attached hydrogens (tertiary/aromatic N) is 1. The van der Waals surface area contributed by atoms with Crippen molar-refractivity contribution < 1.29 is 0 Å². The van der Waals surface area contributed by atoms with Gasteiger partial charge in [-0.3, -0.25) is 4.99 Å². The minimum absolute atomic E-state index is 0.408. The lowest BCUT2D eigenvalue weighted by molar-refractivity contribution is 0.492. The van der Waals surface area contributed by atoms with E-state index >= 15 is 0 Å². The second kappa shape index (κ2) is 7.32. The van der Waals surface area contributed by atoms with Gasteiger partial charge in [0.05, 0.1) is 0 Å². The summed E-state index contributed by atoms with van der Waals surface area (Å²) in [7, 11) is 1.83. The highest BCUT2D eigenvalue weighted by Gasteiger charge is 2.42. The molecule has 2 aromatic carbocycles. The molecular formula is C20H25N3. The zero-order chi connectivity index (χ0) is 16.0. The van der Waals surface area contributed by atoms with E-state index in [2.05, 4.69) is 70.2 Å². The largest absolute Gasteiger partial charge is 0.356 e.